The Hall–Kier alpha value is -3.65. The number of rotatable bonds is 9. The lowest BCUT2D eigenvalue weighted by atomic mass is 10.1. The van der Waals surface area contributed by atoms with Crippen molar-refractivity contribution in [2.45, 2.75) is 63.7 Å². The molecule has 1 aliphatic heterocycles. The summed E-state index contributed by atoms with van der Waals surface area (Å²) in [5.74, 6) is 0.676. The van der Waals surface area contributed by atoms with Gasteiger partial charge >= 0.3 is 6.09 Å². The number of carbonyl (C=O) groups excluding carboxylic acids is 1. The maximum atomic E-state index is 13.7. The maximum Gasteiger partial charge on any atom is 0.410 e. The van der Waals surface area contributed by atoms with Gasteiger partial charge in [0.05, 0.1) is 24.5 Å². The van der Waals surface area contributed by atoms with Gasteiger partial charge in [-0.05, 0) is 46.2 Å². The minimum Gasteiger partial charge on any atom is -0.494 e. The first-order valence-electron chi connectivity index (χ1n) is 13.4. The second-order valence-corrected chi connectivity index (χ2v) is 13.5. The molecule has 0 bridgehead atoms. The summed E-state index contributed by atoms with van der Waals surface area (Å²) in [5, 5.41) is 8.06. The Morgan fingerprint density at radius 1 is 1.10 bits per heavy atom. The van der Waals surface area contributed by atoms with Crippen molar-refractivity contribution >= 4 is 33.7 Å². The number of benzene rings is 1. The van der Waals surface area contributed by atoms with Gasteiger partial charge in [-0.1, -0.05) is 24.6 Å². The van der Waals surface area contributed by atoms with Crippen molar-refractivity contribution in [2.24, 2.45) is 0 Å². The molecule has 1 saturated heterocycles. The van der Waals surface area contributed by atoms with Gasteiger partial charge < -0.3 is 19.1 Å². The molecule has 1 aromatic carbocycles. The van der Waals surface area contributed by atoms with E-state index >= 15 is 0 Å². The number of hydrogen-bond acceptors (Lipinski definition) is 10. The smallest absolute Gasteiger partial charge is 0.410 e. The van der Waals surface area contributed by atoms with E-state index in [-0.39, 0.29) is 11.9 Å². The lowest BCUT2D eigenvalue weighted by Gasteiger charge is -2.24. The Balaban J connectivity index is 1.73. The van der Waals surface area contributed by atoms with Crippen LogP contribution in [-0.4, -0.2) is 82.3 Å². The molecule has 15 heteroatoms. The first-order valence-corrected chi connectivity index (χ1v) is 15.3. The molecule has 42 heavy (non-hydrogen) atoms. The molecular formula is C27H36ClN7O6S. The highest BCUT2D eigenvalue weighted by molar-refractivity contribution is 7.93. The first-order chi connectivity index (χ1) is 19.8. The van der Waals surface area contributed by atoms with Gasteiger partial charge in [0, 0.05) is 37.3 Å². The van der Waals surface area contributed by atoms with Crippen molar-refractivity contribution in [1.29, 1.82) is 0 Å². The number of hydrogen-bond donors (Lipinski definition) is 1. The van der Waals surface area contributed by atoms with E-state index in [2.05, 4.69) is 24.9 Å². The predicted octanol–water partition coefficient (Wildman–Crippen LogP) is 4.39. The van der Waals surface area contributed by atoms with Gasteiger partial charge in [-0.15, -0.1) is 10.2 Å². The third-order valence-corrected chi connectivity index (χ3v) is 9.04. The van der Waals surface area contributed by atoms with Crippen LogP contribution >= 0.6 is 11.6 Å². The van der Waals surface area contributed by atoms with E-state index in [1.807, 2.05) is 20.8 Å². The molecule has 0 radical (unpaired) electrons. The van der Waals surface area contributed by atoms with Crippen molar-refractivity contribution in [3.05, 3.63) is 47.3 Å². The van der Waals surface area contributed by atoms with E-state index < -0.39 is 32.9 Å². The minimum absolute atomic E-state index is 0.0559. The highest BCUT2D eigenvalue weighted by atomic mass is 35.5. The van der Waals surface area contributed by atoms with Gasteiger partial charge in [0.2, 0.25) is 16.0 Å². The molecule has 1 N–H and O–H groups in total. The highest BCUT2D eigenvalue weighted by Gasteiger charge is 2.37. The average Bonchev–Trinajstić information content (AvgIpc) is 3.58. The molecule has 3 aromatic rings. The zero-order chi connectivity index (χ0) is 30.8. The Morgan fingerprint density at radius 2 is 1.71 bits per heavy atom. The largest absolute Gasteiger partial charge is 0.494 e. The molecular weight excluding hydrogens is 586 g/mol. The summed E-state index contributed by atoms with van der Waals surface area (Å²) in [6, 6.07) is 5.21. The second-order valence-electron chi connectivity index (χ2n) is 11.0. The number of anilines is 1. The molecule has 0 spiro atoms. The zero-order valence-corrected chi connectivity index (χ0v) is 26.2. The van der Waals surface area contributed by atoms with Crippen LogP contribution in [0.25, 0.3) is 5.69 Å². The van der Waals surface area contributed by atoms with E-state index in [1.54, 1.807) is 41.5 Å². The van der Waals surface area contributed by atoms with Crippen molar-refractivity contribution in [3.8, 4) is 17.2 Å². The Kier molecular flexibility index (Phi) is 9.16. The van der Waals surface area contributed by atoms with Gasteiger partial charge in [0.25, 0.3) is 0 Å². The van der Waals surface area contributed by atoms with Gasteiger partial charge in [-0.2, -0.15) is 0 Å². The summed E-state index contributed by atoms with van der Waals surface area (Å²) in [4.78, 5) is 22.8. The van der Waals surface area contributed by atoms with Gasteiger partial charge in [-0.25, -0.2) is 23.2 Å². The predicted molar refractivity (Wildman–Crippen MR) is 157 cm³/mol. The summed E-state index contributed by atoms with van der Waals surface area (Å²) in [5.41, 5.74) is -0.228. The summed E-state index contributed by atoms with van der Waals surface area (Å²) in [6.07, 6.45) is 2.97. The van der Waals surface area contributed by atoms with Crippen LogP contribution in [0.3, 0.4) is 0 Å². The van der Waals surface area contributed by atoms with Crippen molar-refractivity contribution in [3.63, 3.8) is 0 Å². The minimum atomic E-state index is -4.05. The molecule has 0 aliphatic carbocycles. The molecule has 1 fully saturated rings. The average molecular weight is 622 g/mol. The lowest BCUT2D eigenvalue weighted by molar-refractivity contribution is 0.0292. The number of carbonyl (C=O) groups is 1. The Bertz CT molecular complexity index is 1500. The number of likely N-dealkylation sites (tertiary alicyclic amines) is 1. The fourth-order valence-corrected chi connectivity index (χ4v) is 5.95. The lowest BCUT2D eigenvalue weighted by Crippen LogP contribution is -2.35. The topological polar surface area (TPSA) is 151 Å². The summed E-state index contributed by atoms with van der Waals surface area (Å²) >= 11 is 5.91. The summed E-state index contributed by atoms with van der Waals surface area (Å²) < 4.78 is 48.4. The molecule has 3 atom stereocenters. The second kappa shape index (κ2) is 12.3. The fraction of sp³-hybridized carbons (Fsp3) is 0.519. The number of sulfonamides is 1. The number of halogens is 1. The van der Waals surface area contributed by atoms with Crippen LogP contribution < -0.4 is 14.2 Å². The van der Waals surface area contributed by atoms with E-state index in [0.717, 1.165) is 0 Å². The molecule has 228 valence electrons. The molecule has 13 nitrogen and oxygen atoms in total. The Labute approximate surface area is 250 Å². The number of nitrogens with zero attached hydrogens (tertiary/aromatic N) is 6. The molecule has 1 amide bonds. The van der Waals surface area contributed by atoms with Crippen LogP contribution in [-0.2, 0) is 14.8 Å². The number of nitrogens with one attached hydrogen (secondary N) is 1. The number of amides is 1. The molecule has 0 saturated carbocycles. The Morgan fingerprint density at radius 3 is 2.29 bits per heavy atom. The van der Waals surface area contributed by atoms with Gasteiger partial charge in [0.1, 0.15) is 34.4 Å². The van der Waals surface area contributed by atoms with Crippen LogP contribution in [0.2, 0.25) is 5.02 Å². The maximum absolute atomic E-state index is 13.7. The number of ether oxygens (including phenoxy) is 3. The third kappa shape index (κ3) is 6.70. The van der Waals surface area contributed by atoms with Gasteiger partial charge in [0.15, 0.2) is 0 Å². The van der Waals surface area contributed by atoms with Crippen LogP contribution in [0, 0.1) is 0 Å². The SMILES string of the molecule is COc1cccc(OC)c1-n1c(NS(=O)(=O)C(C)C(C)c2ncc(Cl)cn2)nnc1[C@H]1CCN(C(=O)OC(C)(C)C)C1. The molecule has 3 heterocycles. The van der Waals surface area contributed by atoms with Crippen molar-refractivity contribution in [1.82, 2.24) is 29.6 Å². The molecule has 4 rings (SSSR count). The monoisotopic (exact) mass is 621 g/mol. The van der Waals surface area contributed by atoms with E-state index in [9.17, 15) is 13.2 Å². The van der Waals surface area contributed by atoms with Crippen LogP contribution in [0.15, 0.2) is 30.6 Å². The summed E-state index contributed by atoms with van der Waals surface area (Å²) in [7, 11) is -1.04. The quantitative estimate of drug-likeness (QED) is 0.364. The molecule has 1 aliphatic rings. The number of para-hydroxylation sites is 1. The number of aromatic nitrogens is 5. The standard InChI is InChI=1S/C27H36ClN7O6S/c1-16(23-29-13-19(28)14-30-23)17(2)42(37,38)33-25-32-31-24(18-11-12-34(15-18)26(36)41-27(3,4)5)35(25)22-20(39-6)9-8-10-21(22)40-7/h8-10,13-14,16-18H,11-12,15H2,1-7H3,(H,32,33)/t16?,17?,18-/m0/s1. The third-order valence-electron chi connectivity index (χ3n) is 6.99. The van der Waals surface area contributed by atoms with Crippen LogP contribution in [0.1, 0.15) is 64.5 Å². The van der Waals surface area contributed by atoms with Gasteiger partial charge in [-0.3, -0.25) is 9.29 Å². The highest BCUT2D eigenvalue weighted by Crippen LogP contribution is 2.39. The van der Waals surface area contributed by atoms with Crippen molar-refractivity contribution < 1.29 is 27.4 Å². The molecule has 2 unspecified atom stereocenters. The molecule has 2 aromatic heterocycles. The van der Waals surface area contributed by atoms with E-state index in [1.165, 1.54) is 26.6 Å². The first kappa shape index (κ1) is 31.3. The normalized spacial score (nSPS) is 17.0. The van der Waals surface area contributed by atoms with Crippen LogP contribution in [0.4, 0.5) is 10.7 Å². The van der Waals surface area contributed by atoms with Crippen molar-refractivity contribution in [2.75, 3.05) is 32.0 Å². The van der Waals surface area contributed by atoms with E-state index in [4.69, 9.17) is 25.8 Å². The van der Waals surface area contributed by atoms with Crippen LogP contribution in [0.5, 0.6) is 11.5 Å². The fourth-order valence-electron chi connectivity index (χ4n) is 4.62. The van der Waals surface area contributed by atoms with E-state index in [0.29, 0.717) is 53.4 Å². The summed E-state index contributed by atoms with van der Waals surface area (Å²) in [6.45, 7) is 9.44. The number of methoxy groups -OCH3 is 2. The zero-order valence-electron chi connectivity index (χ0n) is 24.7.